The largest absolute Gasteiger partial charge is 0.341 e. The van der Waals surface area contributed by atoms with Crippen molar-refractivity contribution in [2.45, 2.75) is 32.6 Å². The Kier molecular flexibility index (Phi) is 7.59. The SMILES string of the molecule is CC(CC(=O)Nc1ccc(CC(=O)N2CCSCC2)cc1)C1CCCNC1. The molecule has 2 atom stereocenters. The number of carbonyl (C=O) groups excluding carboxylic acids is 2. The summed E-state index contributed by atoms with van der Waals surface area (Å²) in [7, 11) is 0. The van der Waals surface area contributed by atoms with Crippen molar-refractivity contribution in [1.82, 2.24) is 10.2 Å². The van der Waals surface area contributed by atoms with Crippen LogP contribution in [0.25, 0.3) is 0 Å². The summed E-state index contributed by atoms with van der Waals surface area (Å²) in [6.07, 6.45) is 3.40. The van der Waals surface area contributed by atoms with Crippen LogP contribution in [0, 0.1) is 11.8 Å². The van der Waals surface area contributed by atoms with Gasteiger partial charge in [-0.25, -0.2) is 0 Å². The summed E-state index contributed by atoms with van der Waals surface area (Å²) in [4.78, 5) is 26.6. The standard InChI is InChI=1S/C21H31N3O2S/c1-16(18-3-2-8-22-15-18)13-20(25)23-19-6-4-17(5-7-19)14-21(26)24-9-11-27-12-10-24/h4-7,16,18,22H,2-3,8-15H2,1H3,(H,23,25). The smallest absolute Gasteiger partial charge is 0.227 e. The van der Waals surface area contributed by atoms with E-state index in [4.69, 9.17) is 0 Å². The number of nitrogens with one attached hydrogen (secondary N) is 2. The molecule has 0 aromatic heterocycles. The molecule has 2 amide bonds. The van der Waals surface area contributed by atoms with E-state index in [-0.39, 0.29) is 11.8 Å². The second kappa shape index (κ2) is 10.1. The fraction of sp³-hybridized carbons (Fsp3) is 0.619. The summed E-state index contributed by atoms with van der Waals surface area (Å²) in [6, 6.07) is 7.69. The van der Waals surface area contributed by atoms with Crippen molar-refractivity contribution in [3.8, 4) is 0 Å². The van der Waals surface area contributed by atoms with Crippen LogP contribution >= 0.6 is 11.8 Å². The van der Waals surface area contributed by atoms with Crippen LogP contribution in [-0.2, 0) is 16.0 Å². The van der Waals surface area contributed by atoms with Crippen LogP contribution in [0.1, 0.15) is 31.7 Å². The molecule has 0 aliphatic carbocycles. The predicted octanol–water partition coefficient (Wildman–Crippen LogP) is 2.77. The van der Waals surface area contributed by atoms with Gasteiger partial charge >= 0.3 is 0 Å². The number of amides is 2. The van der Waals surface area contributed by atoms with E-state index in [9.17, 15) is 9.59 Å². The highest BCUT2D eigenvalue weighted by molar-refractivity contribution is 7.99. The lowest BCUT2D eigenvalue weighted by Gasteiger charge is -2.28. The first-order valence-corrected chi connectivity index (χ1v) is 11.2. The van der Waals surface area contributed by atoms with Crippen LogP contribution < -0.4 is 10.6 Å². The number of carbonyl (C=O) groups is 2. The molecule has 6 heteroatoms. The van der Waals surface area contributed by atoms with Crippen LogP contribution in [0.3, 0.4) is 0 Å². The van der Waals surface area contributed by atoms with Gasteiger partial charge in [-0.15, -0.1) is 0 Å². The van der Waals surface area contributed by atoms with Crippen LogP contribution in [0.2, 0.25) is 0 Å². The van der Waals surface area contributed by atoms with Crippen molar-refractivity contribution in [1.29, 1.82) is 0 Å². The first-order chi connectivity index (χ1) is 13.1. The van der Waals surface area contributed by atoms with Crippen molar-refractivity contribution in [2.75, 3.05) is 43.0 Å². The van der Waals surface area contributed by atoms with Gasteiger partial charge in [0, 0.05) is 36.7 Å². The van der Waals surface area contributed by atoms with Gasteiger partial charge in [-0.05, 0) is 55.5 Å². The minimum absolute atomic E-state index is 0.0720. The zero-order valence-corrected chi connectivity index (χ0v) is 17.0. The van der Waals surface area contributed by atoms with E-state index >= 15 is 0 Å². The molecule has 27 heavy (non-hydrogen) atoms. The summed E-state index contributed by atoms with van der Waals surface area (Å²) in [5.74, 6) is 3.31. The minimum Gasteiger partial charge on any atom is -0.341 e. The first kappa shape index (κ1) is 20.2. The number of anilines is 1. The third-order valence-corrected chi connectivity index (χ3v) is 6.55. The highest BCUT2D eigenvalue weighted by atomic mass is 32.2. The normalized spacial score (nSPS) is 21.5. The minimum atomic E-state index is 0.0720. The molecule has 2 aliphatic heterocycles. The summed E-state index contributed by atoms with van der Waals surface area (Å²) < 4.78 is 0. The maximum atomic E-state index is 12.3. The number of nitrogens with zero attached hydrogens (tertiary/aromatic N) is 1. The van der Waals surface area contributed by atoms with Gasteiger partial charge in [-0.2, -0.15) is 11.8 Å². The van der Waals surface area contributed by atoms with Crippen molar-refractivity contribution >= 4 is 29.3 Å². The molecule has 3 rings (SSSR count). The van der Waals surface area contributed by atoms with Crippen molar-refractivity contribution < 1.29 is 9.59 Å². The highest BCUT2D eigenvalue weighted by Crippen LogP contribution is 2.23. The monoisotopic (exact) mass is 389 g/mol. The lowest BCUT2D eigenvalue weighted by molar-refractivity contribution is -0.130. The predicted molar refractivity (Wildman–Crippen MR) is 112 cm³/mol. The average Bonchev–Trinajstić information content (AvgIpc) is 2.70. The Labute approximate surface area is 166 Å². The van der Waals surface area contributed by atoms with Crippen LogP contribution in [0.4, 0.5) is 5.69 Å². The zero-order valence-electron chi connectivity index (χ0n) is 16.2. The molecule has 0 radical (unpaired) electrons. The Morgan fingerprint density at radius 2 is 2.00 bits per heavy atom. The van der Waals surface area contributed by atoms with Crippen LogP contribution in [0.5, 0.6) is 0 Å². The van der Waals surface area contributed by atoms with E-state index in [1.165, 1.54) is 12.8 Å². The maximum absolute atomic E-state index is 12.3. The zero-order chi connectivity index (χ0) is 19.1. The highest BCUT2D eigenvalue weighted by Gasteiger charge is 2.22. The van der Waals surface area contributed by atoms with Crippen molar-refractivity contribution in [3.05, 3.63) is 29.8 Å². The third-order valence-electron chi connectivity index (χ3n) is 5.60. The van der Waals surface area contributed by atoms with Crippen LogP contribution in [-0.4, -0.2) is 54.4 Å². The Hall–Kier alpha value is -1.53. The van der Waals surface area contributed by atoms with Crippen molar-refractivity contribution in [2.24, 2.45) is 11.8 Å². The summed E-state index contributed by atoms with van der Waals surface area (Å²) >= 11 is 1.91. The average molecular weight is 390 g/mol. The van der Waals surface area contributed by atoms with Crippen LogP contribution in [0.15, 0.2) is 24.3 Å². The van der Waals surface area contributed by atoms with Gasteiger partial charge in [-0.1, -0.05) is 19.1 Å². The Morgan fingerprint density at radius 1 is 1.26 bits per heavy atom. The number of hydrogen-bond donors (Lipinski definition) is 2. The van der Waals surface area contributed by atoms with Gasteiger partial charge in [0.2, 0.25) is 11.8 Å². The Bertz CT molecular complexity index is 623. The van der Waals surface area contributed by atoms with Gasteiger partial charge in [0.15, 0.2) is 0 Å². The van der Waals surface area contributed by atoms with Gasteiger partial charge < -0.3 is 15.5 Å². The molecule has 2 unspecified atom stereocenters. The molecule has 2 heterocycles. The summed E-state index contributed by atoms with van der Waals surface area (Å²) in [5, 5.41) is 6.42. The van der Waals surface area contributed by atoms with E-state index in [1.54, 1.807) is 0 Å². The Balaban J connectivity index is 1.45. The van der Waals surface area contributed by atoms with Gasteiger partial charge in [0.1, 0.15) is 0 Å². The molecule has 2 N–H and O–H groups in total. The topological polar surface area (TPSA) is 61.4 Å². The second-order valence-electron chi connectivity index (χ2n) is 7.70. The number of benzene rings is 1. The lowest BCUT2D eigenvalue weighted by atomic mass is 9.85. The van der Waals surface area contributed by atoms with E-state index in [0.717, 1.165) is 48.9 Å². The molecule has 2 fully saturated rings. The molecule has 5 nitrogen and oxygen atoms in total. The number of piperidine rings is 1. The molecule has 1 aromatic carbocycles. The summed E-state index contributed by atoms with van der Waals surface area (Å²) in [6.45, 7) is 6.00. The summed E-state index contributed by atoms with van der Waals surface area (Å²) in [5.41, 5.74) is 1.80. The van der Waals surface area contributed by atoms with E-state index in [2.05, 4.69) is 17.6 Å². The maximum Gasteiger partial charge on any atom is 0.227 e. The first-order valence-electron chi connectivity index (χ1n) is 10.1. The molecule has 2 saturated heterocycles. The molecule has 0 bridgehead atoms. The van der Waals surface area contributed by atoms with Gasteiger partial charge in [-0.3, -0.25) is 9.59 Å². The fourth-order valence-corrected chi connectivity index (χ4v) is 4.74. The molecule has 0 spiro atoms. The molecule has 0 saturated carbocycles. The van der Waals surface area contributed by atoms with Crippen molar-refractivity contribution in [3.63, 3.8) is 0 Å². The molecular weight excluding hydrogens is 358 g/mol. The van der Waals surface area contributed by atoms with E-state index in [1.807, 2.05) is 40.9 Å². The Morgan fingerprint density at radius 3 is 2.67 bits per heavy atom. The van der Waals surface area contributed by atoms with E-state index in [0.29, 0.717) is 24.7 Å². The number of hydrogen-bond acceptors (Lipinski definition) is 4. The quantitative estimate of drug-likeness (QED) is 0.785. The lowest BCUT2D eigenvalue weighted by Crippen LogP contribution is -2.38. The third kappa shape index (κ3) is 6.25. The molecule has 1 aromatic rings. The number of thioether (sulfide) groups is 1. The fourth-order valence-electron chi connectivity index (χ4n) is 3.84. The second-order valence-corrected chi connectivity index (χ2v) is 8.93. The van der Waals surface area contributed by atoms with Gasteiger partial charge in [0.25, 0.3) is 0 Å². The van der Waals surface area contributed by atoms with E-state index < -0.39 is 0 Å². The number of rotatable bonds is 6. The molecule has 148 valence electrons. The van der Waals surface area contributed by atoms with Gasteiger partial charge in [0.05, 0.1) is 6.42 Å². The molecule has 2 aliphatic rings. The molecular formula is C21H31N3O2S.